The molecule has 1 aromatic rings. The molecule has 0 unspecified atom stereocenters. The highest BCUT2D eigenvalue weighted by Crippen LogP contribution is 2.48. The van der Waals surface area contributed by atoms with E-state index in [-0.39, 0.29) is 0 Å². The van der Waals surface area contributed by atoms with Crippen LogP contribution in [-0.2, 0) is 5.60 Å². The minimum atomic E-state index is -0.651. The van der Waals surface area contributed by atoms with E-state index in [0.29, 0.717) is 5.02 Å². The number of ether oxygens (including phenoxy) is 1. The molecule has 0 atom stereocenters. The van der Waals surface area contributed by atoms with Gasteiger partial charge in [-0.3, -0.25) is 0 Å². The van der Waals surface area contributed by atoms with E-state index in [4.69, 9.17) is 16.3 Å². The van der Waals surface area contributed by atoms with Crippen LogP contribution in [0.5, 0.6) is 5.75 Å². The second kappa shape index (κ2) is 3.14. The van der Waals surface area contributed by atoms with Gasteiger partial charge in [0.25, 0.3) is 0 Å². The molecule has 1 aliphatic carbocycles. The van der Waals surface area contributed by atoms with Crippen molar-refractivity contribution in [3.8, 4) is 5.75 Å². The summed E-state index contributed by atoms with van der Waals surface area (Å²) in [5.41, 5.74) is 1.24. The van der Waals surface area contributed by atoms with Crippen LogP contribution in [0.15, 0.2) is 12.1 Å². The molecule has 1 aromatic carbocycles. The molecule has 0 heterocycles. The van der Waals surface area contributed by atoms with Crippen LogP contribution in [0.3, 0.4) is 0 Å². The molecule has 0 saturated heterocycles. The van der Waals surface area contributed by atoms with Crippen LogP contribution in [0.1, 0.15) is 24.0 Å². The predicted octanol–water partition coefficient (Wildman–Crippen LogP) is 2.64. The molecule has 76 valence electrons. The van der Waals surface area contributed by atoms with Crippen molar-refractivity contribution in [1.29, 1.82) is 0 Å². The van der Waals surface area contributed by atoms with Gasteiger partial charge in [-0.1, -0.05) is 11.6 Å². The van der Waals surface area contributed by atoms with Crippen molar-refractivity contribution in [2.45, 2.75) is 25.4 Å². The number of hydrogen-bond donors (Lipinski definition) is 1. The van der Waals surface area contributed by atoms with Crippen molar-refractivity contribution >= 4 is 11.6 Å². The molecule has 1 aliphatic rings. The van der Waals surface area contributed by atoms with Gasteiger partial charge in [0.15, 0.2) is 0 Å². The Kier molecular flexibility index (Phi) is 2.20. The zero-order valence-electron chi connectivity index (χ0n) is 8.30. The molecule has 0 aliphatic heterocycles. The predicted molar refractivity (Wildman–Crippen MR) is 55.9 cm³/mol. The Morgan fingerprint density at radius 3 is 2.57 bits per heavy atom. The van der Waals surface area contributed by atoms with E-state index in [1.165, 1.54) is 0 Å². The van der Waals surface area contributed by atoms with Gasteiger partial charge in [-0.15, -0.1) is 0 Å². The molecule has 2 nitrogen and oxygen atoms in total. The van der Waals surface area contributed by atoms with E-state index in [2.05, 4.69) is 0 Å². The molecular formula is C11H13ClO2. The number of aliphatic hydroxyl groups is 1. The lowest BCUT2D eigenvalue weighted by molar-refractivity contribution is 0.150. The summed E-state index contributed by atoms with van der Waals surface area (Å²) in [4.78, 5) is 0. The quantitative estimate of drug-likeness (QED) is 0.817. The van der Waals surface area contributed by atoms with Crippen molar-refractivity contribution in [2.24, 2.45) is 0 Å². The molecule has 0 spiro atoms. The highest BCUT2D eigenvalue weighted by molar-refractivity contribution is 6.30. The molecule has 3 heteroatoms. The first kappa shape index (κ1) is 9.81. The maximum atomic E-state index is 10.0. The maximum absolute atomic E-state index is 10.0. The summed E-state index contributed by atoms with van der Waals surface area (Å²) >= 11 is 5.94. The molecule has 14 heavy (non-hydrogen) atoms. The van der Waals surface area contributed by atoms with Crippen LogP contribution in [-0.4, -0.2) is 12.2 Å². The second-order valence-corrected chi connectivity index (χ2v) is 4.25. The third-order valence-corrected chi connectivity index (χ3v) is 2.99. The molecule has 0 aromatic heterocycles. The zero-order chi connectivity index (χ0) is 10.3. The molecular weight excluding hydrogens is 200 g/mol. The minimum absolute atomic E-state index is 0.614. The first-order valence-electron chi connectivity index (χ1n) is 4.64. The number of rotatable bonds is 2. The van der Waals surface area contributed by atoms with Crippen LogP contribution in [0, 0.1) is 6.92 Å². The van der Waals surface area contributed by atoms with Crippen LogP contribution >= 0.6 is 11.6 Å². The molecule has 0 radical (unpaired) electrons. The third kappa shape index (κ3) is 1.49. The number of halogens is 1. The minimum Gasteiger partial charge on any atom is -0.496 e. The second-order valence-electron chi connectivity index (χ2n) is 3.81. The smallest absolute Gasteiger partial charge is 0.123 e. The molecule has 1 fully saturated rings. The van der Waals surface area contributed by atoms with Crippen molar-refractivity contribution in [1.82, 2.24) is 0 Å². The topological polar surface area (TPSA) is 29.5 Å². The van der Waals surface area contributed by atoms with Gasteiger partial charge in [-0.2, -0.15) is 0 Å². The Hall–Kier alpha value is -0.730. The average molecular weight is 213 g/mol. The summed E-state index contributed by atoms with van der Waals surface area (Å²) in [5.74, 6) is 0.743. The first-order chi connectivity index (χ1) is 6.57. The van der Waals surface area contributed by atoms with Gasteiger partial charge in [-0.05, 0) is 43.0 Å². The third-order valence-electron chi connectivity index (χ3n) is 2.77. The van der Waals surface area contributed by atoms with Gasteiger partial charge in [-0.25, -0.2) is 0 Å². The summed E-state index contributed by atoms with van der Waals surface area (Å²) in [6.45, 7) is 1.95. The Labute approximate surface area is 88.5 Å². The monoisotopic (exact) mass is 212 g/mol. The summed E-state index contributed by atoms with van der Waals surface area (Å²) in [6.07, 6.45) is 1.63. The van der Waals surface area contributed by atoms with E-state index < -0.39 is 5.60 Å². The standard InChI is InChI=1S/C11H13ClO2/c1-7-9(11(13)3-4-11)5-8(12)6-10(7)14-2/h5-6,13H,3-4H2,1-2H3. The van der Waals surface area contributed by atoms with Crippen molar-refractivity contribution < 1.29 is 9.84 Å². The highest BCUT2D eigenvalue weighted by atomic mass is 35.5. The van der Waals surface area contributed by atoms with Gasteiger partial charge in [0.2, 0.25) is 0 Å². The van der Waals surface area contributed by atoms with Gasteiger partial charge >= 0.3 is 0 Å². The molecule has 0 bridgehead atoms. The number of benzene rings is 1. The van der Waals surface area contributed by atoms with E-state index in [9.17, 15) is 5.11 Å². The van der Waals surface area contributed by atoms with Gasteiger partial charge in [0.05, 0.1) is 12.7 Å². The van der Waals surface area contributed by atoms with E-state index >= 15 is 0 Å². The van der Waals surface area contributed by atoms with Crippen molar-refractivity contribution in [3.05, 3.63) is 28.3 Å². The fourth-order valence-corrected chi connectivity index (χ4v) is 1.95. The summed E-state index contributed by atoms with van der Waals surface area (Å²) in [6, 6.07) is 3.60. The largest absolute Gasteiger partial charge is 0.496 e. The normalized spacial score (nSPS) is 18.0. The summed E-state index contributed by atoms with van der Waals surface area (Å²) in [5, 5.41) is 10.6. The fraction of sp³-hybridized carbons (Fsp3) is 0.455. The Morgan fingerprint density at radius 1 is 1.43 bits per heavy atom. The molecule has 1 N–H and O–H groups in total. The van der Waals surface area contributed by atoms with Gasteiger partial charge in [0, 0.05) is 5.02 Å². The first-order valence-corrected chi connectivity index (χ1v) is 5.01. The van der Waals surface area contributed by atoms with Gasteiger partial charge < -0.3 is 9.84 Å². The Bertz CT molecular complexity index is 370. The summed E-state index contributed by atoms with van der Waals surface area (Å²) < 4.78 is 5.19. The van der Waals surface area contributed by atoms with Crippen molar-refractivity contribution in [2.75, 3.05) is 7.11 Å². The Morgan fingerprint density at radius 2 is 2.07 bits per heavy atom. The van der Waals surface area contributed by atoms with E-state index in [1.807, 2.05) is 13.0 Å². The summed E-state index contributed by atoms with van der Waals surface area (Å²) in [7, 11) is 1.61. The SMILES string of the molecule is COc1cc(Cl)cc(C2(O)CC2)c1C. The lowest BCUT2D eigenvalue weighted by atomic mass is 10.0. The van der Waals surface area contributed by atoms with Crippen LogP contribution in [0.4, 0.5) is 0 Å². The van der Waals surface area contributed by atoms with Crippen molar-refractivity contribution in [3.63, 3.8) is 0 Å². The Balaban J connectivity index is 2.54. The number of hydrogen-bond acceptors (Lipinski definition) is 2. The molecule has 1 saturated carbocycles. The molecule has 0 amide bonds. The van der Waals surface area contributed by atoms with Crippen LogP contribution in [0.25, 0.3) is 0 Å². The average Bonchev–Trinajstić information content (AvgIpc) is 2.88. The zero-order valence-corrected chi connectivity index (χ0v) is 9.06. The van der Waals surface area contributed by atoms with Crippen LogP contribution < -0.4 is 4.74 Å². The van der Waals surface area contributed by atoms with E-state index in [1.54, 1.807) is 13.2 Å². The lowest BCUT2D eigenvalue weighted by Gasteiger charge is -2.15. The van der Waals surface area contributed by atoms with E-state index in [0.717, 1.165) is 29.7 Å². The fourth-order valence-electron chi connectivity index (χ4n) is 1.74. The van der Waals surface area contributed by atoms with Crippen LogP contribution in [0.2, 0.25) is 5.02 Å². The molecule has 2 rings (SSSR count). The maximum Gasteiger partial charge on any atom is 0.123 e. The highest BCUT2D eigenvalue weighted by Gasteiger charge is 2.43. The van der Waals surface area contributed by atoms with Gasteiger partial charge in [0.1, 0.15) is 5.75 Å². The number of methoxy groups -OCH3 is 1. The lowest BCUT2D eigenvalue weighted by Crippen LogP contribution is -2.07.